The Hall–Kier alpha value is -3.39. The van der Waals surface area contributed by atoms with E-state index < -0.39 is 24.0 Å². The lowest BCUT2D eigenvalue weighted by Crippen LogP contribution is -2.42. The van der Waals surface area contributed by atoms with Crippen molar-refractivity contribution in [2.75, 3.05) is 13.2 Å². The highest BCUT2D eigenvalue weighted by molar-refractivity contribution is 5.83. The number of aliphatic hydroxyl groups excluding tert-OH is 1. The molecule has 8 heteroatoms. The molecule has 4 N–H and O–H groups in total. The Morgan fingerprint density at radius 3 is 2.12 bits per heavy atom. The van der Waals surface area contributed by atoms with Crippen molar-refractivity contribution in [3.05, 3.63) is 59.7 Å². The van der Waals surface area contributed by atoms with Gasteiger partial charge in [0.1, 0.15) is 12.6 Å². The number of benzene rings is 2. The molecule has 3 rings (SSSR count). The number of amides is 2. The van der Waals surface area contributed by atoms with Crippen molar-refractivity contribution < 1.29 is 29.3 Å². The number of carbonyl (C=O) groups is 3. The molecule has 0 heterocycles. The van der Waals surface area contributed by atoms with Crippen molar-refractivity contribution in [3.63, 3.8) is 0 Å². The van der Waals surface area contributed by atoms with Crippen molar-refractivity contribution >= 4 is 18.0 Å². The van der Waals surface area contributed by atoms with Gasteiger partial charge in [0.15, 0.2) is 0 Å². The molecule has 0 spiro atoms. The van der Waals surface area contributed by atoms with Gasteiger partial charge in [-0.2, -0.15) is 0 Å². The molecule has 1 aliphatic carbocycles. The number of hydrogen-bond donors (Lipinski definition) is 4. The van der Waals surface area contributed by atoms with Crippen molar-refractivity contribution in [1.82, 2.24) is 10.6 Å². The Bertz CT molecular complexity index is 931. The van der Waals surface area contributed by atoms with Crippen LogP contribution in [0.3, 0.4) is 0 Å². The van der Waals surface area contributed by atoms with E-state index in [2.05, 4.69) is 22.8 Å². The van der Waals surface area contributed by atoms with E-state index in [0.717, 1.165) is 22.3 Å². The molecule has 1 aliphatic rings. The van der Waals surface area contributed by atoms with Crippen LogP contribution in [0.25, 0.3) is 11.1 Å². The minimum absolute atomic E-state index is 0.0336. The average molecular weight is 440 g/mol. The molecule has 0 saturated heterocycles. The third-order valence-corrected chi connectivity index (χ3v) is 5.56. The summed E-state index contributed by atoms with van der Waals surface area (Å²) in [6.45, 7) is 1.61. The van der Waals surface area contributed by atoms with Gasteiger partial charge in [0.25, 0.3) is 0 Å². The number of aliphatic hydroxyl groups is 1. The topological polar surface area (TPSA) is 125 Å². The lowest BCUT2D eigenvalue weighted by atomic mass is 9.98. The first-order valence-electron chi connectivity index (χ1n) is 10.6. The molecule has 2 aromatic carbocycles. The summed E-state index contributed by atoms with van der Waals surface area (Å²) in [4.78, 5) is 35.3. The number of fused-ring (bicyclic) bond motifs is 3. The third kappa shape index (κ3) is 5.64. The normalized spacial score (nSPS) is 14.1. The maximum absolute atomic E-state index is 12.3. The van der Waals surface area contributed by atoms with Crippen molar-refractivity contribution in [1.29, 1.82) is 0 Å². The van der Waals surface area contributed by atoms with Gasteiger partial charge in [-0.15, -0.1) is 0 Å². The van der Waals surface area contributed by atoms with Gasteiger partial charge in [-0.1, -0.05) is 48.5 Å². The Morgan fingerprint density at radius 2 is 1.56 bits per heavy atom. The molecule has 8 nitrogen and oxygen atoms in total. The molecule has 2 unspecified atom stereocenters. The van der Waals surface area contributed by atoms with Crippen LogP contribution in [-0.4, -0.2) is 53.5 Å². The number of carbonyl (C=O) groups excluding carboxylic acids is 2. The zero-order chi connectivity index (χ0) is 23.1. The third-order valence-electron chi connectivity index (χ3n) is 5.56. The Kier molecular flexibility index (Phi) is 7.83. The van der Waals surface area contributed by atoms with E-state index in [9.17, 15) is 14.4 Å². The molecule has 0 aliphatic heterocycles. The van der Waals surface area contributed by atoms with Crippen LogP contribution in [0.5, 0.6) is 0 Å². The van der Waals surface area contributed by atoms with E-state index in [-0.39, 0.29) is 38.0 Å². The fourth-order valence-electron chi connectivity index (χ4n) is 3.91. The molecule has 0 aromatic heterocycles. The van der Waals surface area contributed by atoms with E-state index in [1.54, 1.807) is 6.92 Å². The zero-order valence-electron chi connectivity index (χ0n) is 17.9. The Morgan fingerprint density at radius 1 is 0.969 bits per heavy atom. The highest BCUT2D eigenvalue weighted by Gasteiger charge is 2.29. The Balaban J connectivity index is 1.47. The summed E-state index contributed by atoms with van der Waals surface area (Å²) in [6, 6.07) is 14.7. The highest BCUT2D eigenvalue weighted by Crippen LogP contribution is 2.44. The van der Waals surface area contributed by atoms with E-state index in [1.165, 1.54) is 0 Å². The van der Waals surface area contributed by atoms with E-state index in [1.807, 2.05) is 36.4 Å². The molecule has 2 atom stereocenters. The number of rotatable bonds is 10. The van der Waals surface area contributed by atoms with Crippen LogP contribution < -0.4 is 10.6 Å². The first-order valence-corrected chi connectivity index (χ1v) is 10.6. The van der Waals surface area contributed by atoms with Gasteiger partial charge in [-0.3, -0.25) is 4.79 Å². The standard InChI is InChI=1S/C24H28N2O6/c1-15(10-11-22(28)26-21(12-13-27)23(29)30)25-24(31)32-14-20-18-8-4-2-6-16(18)17-7-3-5-9-19(17)20/h2-9,15,20-21,27H,10-14H2,1H3,(H,25,31)(H,26,28)(H,29,30). The Labute approximate surface area is 186 Å². The fraction of sp³-hybridized carbons (Fsp3) is 0.375. The monoisotopic (exact) mass is 440 g/mol. The lowest BCUT2D eigenvalue weighted by molar-refractivity contribution is -0.142. The molecule has 0 radical (unpaired) electrons. The van der Waals surface area contributed by atoms with Gasteiger partial charge in [-0.25, -0.2) is 9.59 Å². The minimum atomic E-state index is -1.20. The average Bonchev–Trinajstić information content (AvgIpc) is 3.10. The van der Waals surface area contributed by atoms with Gasteiger partial charge < -0.3 is 25.6 Å². The summed E-state index contributed by atoms with van der Waals surface area (Å²) in [5.74, 6) is -1.68. The van der Waals surface area contributed by atoms with Crippen molar-refractivity contribution in [3.8, 4) is 11.1 Å². The smallest absolute Gasteiger partial charge is 0.407 e. The van der Waals surface area contributed by atoms with E-state index in [4.69, 9.17) is 14.9 Å². The van der Waals surface area contributed by atoms with Crippen LogP contribution in [-0.2, 0) is 14.3 Å². The summed E-state index contributed by atoms with van der Waals surface area (Å²) in [6.07, 6.45) is -0.265. The summed E-state index contributed by atoms with van der Waals surface area (Å²) < 4.78 is 5.49. The number of carboxylic acid groups (broad SMARTS) is 1. The summed E-state index contributed by atoms with van der Waals surface area (Å²) >= 11 is 0. The zero-order valence-corrected chi connectivity index (χ0v) is 17.9. The predicted molar refractivity (Wildman–Crippen MR) is 118 cm³/mol. The van der Waals surface area contributed by atoms with Crippen LogP contribution in [0, 0.1) is 0 Å². The summed E-state index contributed by atoms with van der Waals surface area (Å²) in [5.41, 5.74) is 4.55. The summed E-state index contributed by atoms with van der Waals surface area (Å²) in [7, 11) is 0. The molecule has 170 valence electrons. The molecule has 32 heavy (non-hydrogen) atoms. The minimum Gasteiger partial charge on any atom is -0.480 e. The van der Waals surface area contributed by atoms with E-state index in [0.29, 0.717) is 6.42 Å². The van der Waals surface area contributed by atoms with Crippen molar-refractivity contribution in [2.45, 2.75) is 44.2 Å². The van der Waals surface area contributed by atoms with Gasteiger partial charge >= 0.3 is 12.1 Å². The van der Waals surface area contributed by atoms with Crippen LogP contribution in [0.4, 0.5) is 4.79 Å². The maximum Gasteiger partial charge on any atom is 0.407 e. The second-order valence-electron chi connectivity index (χ2n) is 7.88. The number of hydrogen-bond acceptors (Lipinski definition) is 5. The molecular formula is C24H28N2O6. The SMILES string of the molecule is CC(CCC(=O)NC(CCO)C(=O)O)NC(=O)OCC1c2ccccc2-c2ccccc21. The van der Waals surface area contributed by atoms with Gasteiger partial charge in [-0.05, 0) is 35.6 Å². The van der Waals surface area contributed by atoms with E-state index >= 15 is 0 Å². The van der Waals surface area contributed by atoms with Crippen molar-refractivity contribution in [2.24, 2.45) is 0 Å². The maximum atomic E-state index is 12.3. The highest BCUT2D eigenvalue weighted by atomic mass is 16.5. The summed E-state index contributed by atoms with van der Waals surface area (Å²) in [5, 5.41) is 23.0. The van der Waals surface area contributed by atoms with Crippen LogP contribution in [0.1, 0.15) is 43.2 Å². The van der Waals surface area contributed by atoms with Gasteiger partial charge in [0.05, 0.1) is 0 Å². The first-order chi connectivity index (χ1) is 15.4. The first kappa shape index (κ1) is 23.3. The quantitative estimate of drug-likeness (QED) is 0.450. The molecule has 2 amide bonds. The number of ether oxygens (including phenoxy) is 1. The predicted octanol–water partition coefficient (Wildman–Crippen LogP) is 2.65. The molecule has 0 saturated carbocycles. The number of alkyl carbamates (subject to hydrolysis) is 1. The lowest BCUT2D eigenvalue weighted by Gasteiger charge is -2.18. The fourth-order valence-corrected chi connectivity index (χ4v) is 3.91. The van der Waals surface area contributed by atoms with Gasteiger partial charge in [0.2, 0.25) is 5.91 Å². The number of nitrogens with one attached hydrogen (secondary N) is 2. The number of aliphatic carboxylic acids is 1. The molecule has 2 aromatic rings. The second-order valence-corrected chi connectivity index (χ2v) is 7.88. The second kappa shape index (κ2) is 10.8. The molecule has 0 fully saturated rings. The van der Waals surface area contributed by atoms with Crippen LogP contribution >= 0.6 is 0 Å². The van der Waals surface area contributed by atoms with Crippen LogP contribution in [0.2, 0.25) is 0 Å². The van der Waals surface area contributed by atoms with Crippen LogP contribution in [0.15, 0.2) is 48.5 Å². The molecule has 0 bridgehead atoms. The molecular weight excluding hydrogens is 412 g/mol. The van der Waals surface area contributed by atoms with Gasteiger partial charge in [0, 0.05) is 31.4 Å². The largest absolute Gasteiger partial charge is 0.480 e. The number of carboxylic acids is 1.